The highest BCUT2D eigenvalue weighted by molar-refractivity contribution is 7.99. The third-order valence-corrected chi connectivity index (χ3v) is 5.49. The molecular formula is C19H23NS. The molecule has 1 aliphatic rings. The first-order valence-corrected chi connectivity index (χ1v) is 8.95. The molecule has 2 aromatic carbocycles. The number of rotatable bonds is 5. The van der Waals surface area contributed by atoms with Gasteiger partial charge in [-0.15, -0.1) is 0 Å². The Hall–Kier alpha value is -1.25. The highest BCUT2D eigenvalue weighted by Crippen LogP contribution is 2.24. The second-order valence-electron chi connectivity index (χ2n) is 5.85. The van der Waals surface area contributed by atoms with E-state index in [0.717, 1.165) is 12.5 Å². The molecule has 0 bridgehead atoms. The van der Waals surface area contributed by atoms with Crippen LogP contribution in [0.5, 0.6) is 0 Å². The fourth-order valence-corrected chi connectivity index (χ4v) is 4.08. The molecule has 2 aromatic rings. The monoisotopic (exact) mass is 297 g/mol. The van der Waals surface area contributed by atoms with E-state index in [1.807, 2.05) is 0 Å². The molecule has 1 aliphatic heterocycles. The van der Waals surface area contributed by atoms with Crippen LogP contribution in [-0.4, -0.2) is 18.1 Å². The molecule has 1 heterocycles. The molecule has 0 radical (unpaired) electrons. The summed E-state index contributed by atoms with van der Waals surface area (Å²) in [6.45, 7) is 3.41. The lowest BCUT2D eigenvalue weighted by Crippen LogP contribution is -2.25. The quantitative estimate of drug-likeness (QED) is 0.854. The SMILES string of the molecule is CC(NCC1CCSC1)c1ccc(-c2ccccc2)cc1. The van der Waals surface area contributed by atoms with Crippen molar-refractivity contribution in [1.29, 1.82) is 0 Å². The van der Waals surface area contributed by atoms with Crippen molar-refractivity contribution in [2.45, 2.75) is 19.4 Å². The van der Waals surface area contributed by atoms with Gasteiger partial charge in [-0.2, -0.15) is 11.8 Å². The van der Waals surface area contributed by atoms with Crippen molar-refractivity contribution < 1.29 is 0 Å². The lowest BCUT2D eigenvalue weighted by atomic mass is 10.0. The first-order chi connectivity index (χ1) is 10.3. The van der Waals surface area contributed by atoms with E-state index < -0.39 is 0 Å². The van der Waals surface area contributed by atoms with Gasteiger partial charge in [0.1, 0.15) is 0 Å². The normalized spacial score (nSPS) is 19.6. The van der Waals surface area contributed by atoms with E-state index in [1.165, 1.54) is 34.6 Å². The zero-order valence-electron chi connectivity index (χ0n) is 12.6. The average molecular weight is 297 g/mol. The highest BCUT2D eigenvalue weighted by Gasteiger charge is 2.16. The first-order valence-electron chi connectivity index (χ1n) is 7.79. The van der Waals surface area contributed by atoms with Gasteiger partial charge < -0.3 is 5.32 Å². The lowest BCUT2D eigenvalue weighted by molar-refractivity contribution is 0.477. The van der Waals surface area contributed by atoms with Gasteiger partial charge >= 0.3 is 0 Å². The van der Waals surface area contributed by atoms with E-state index >= 15 is 0 Å². The van der Waals surface area contributed by atoms with Crippen LogP contribution < -0.4 is 5.32 Å². The summed E-state index contributed by atoms with van der Waals surface area (Å²) in [6, 6.07) is 20.0. The molecule has 1 N–H and O–H groups in total. The largest absolute Gasteiger partial charge is 0.310 e. The maximum atomic E-state index is 3.69. The summed E-state index contributed by atoms with van der Waals surface area (Å²) in [4.78, 5) is 0. The molecule has 1 fully saturated rings. The summed E-state index contributed by atoms with van der Waals surface area (Å²) in [5.74, 6) is 3.53. The van der Waals surface area contributed by atoms with Gasteiger partial charge in [-0.3, -0.25) is 0 Å². The molecule has 2 unspecified atom stereocenters. The highest BCUT2D eigenvalue weighted by atomic mass is 32.2. The van der Waals surface area contributed by atoms with Gasteiger partial charge in [0.2, 0.25) is 0 Å². The Morgan fingerprint density at radius 2 is 1.76 bits per heavy atom. The molecular weight excluding hydrogens is 274 g/mol. The molecule has 110 valence electrons. The molecule has 2 atom stereocenters. The second kappa shape index (κ2) is 7.15. The molecule has 0 spiro atoms. The number of hydrogen-bond donors (Lipinski definition) is 1. The number of thioether (sulfide) groups is 1. The third kappa shape index (κ3) is 3.90. The third-order valence-electron chi connectivity index (χ3n) is 4.25. The average Bonchev–Trinajstić information content (AvgIpc) is 3.07. The van der Waals surface area contributed by atoms with Gasteiger partial charge in [-0.05, 0) is 54.0 Å². The van der Waals surface area contributed by atoms with Crippen molar-refractivity contribution in [1.82, 2.24) is 5.32 Å². The molecule has 0 aromatic heterocycles. The molecule has 0 aliphatic carbocycles. The molecule has 0 amide bonds. The van der Waals surface area contributed by atoms with E-state index in [1.54, 1.807) is 0 Å². The van der Waals surface area contributed by atoms with Crippen LogP contribution in [0.1, 0.15) is 24.9 Å². The molecule has 3 rings (SSSR count). The van der Waals surface area contributed by atoms with Gasteiger partial charge in [0, 0.05) is 6.04 Å². The summed E-state index contributed by atoms with van der Waals surface area (Å²) >= 11 is 2.09. The van der Waals surface area contributed by atoms with E-state index in [9.17, 15) is 0 Å². The molecule has 1 nitrogen and oxygen atoms in total. The summed E-state index contributed by atoms with van der Waals surface area (Å²) in [7, 11) is 0. The minimum Gasteiger partial charge on any atom is -0.310 e. The van der Waals surface area contributed by atoms with Crippen LogP contribution in [0.25, 0.3) is 11.1 Å². The minimum atomic E-state index is 0.431. The summed E-state index contributed by atoms with van der Waals surface area (Å²) in [5, 5.41) is 3.69. The fourth-order valence-electron chi connectivity index (χ4n) is 2.80. The van der Waals surface area contributed by atoms with Crippen LogP contribution in [0.2, 0.25) is 0 Å². The van der Waals surface area contributed by atoms with Crippen LogP contribution >= 0.6 is 11.8 Å². The van der Waals surface area contributed by atoms with E-state index in [2.05, 4.69) is 78.6 Å². The summed E-state index contributed by atoms with van der Waals surface area (Å²) in [6.07, 6.45) is 1.37. The first kappa shape index (κ1) is 14.7. The topological polar surface area (TPSA) is 12.0 Å². The maximum absolute atomic E-state index is 3.69. The molecule has 0 saturated carbocycles. The van der Waals surface area contributed by atoms with Crippen molar-refractivity contribution in [2.24, 2.45) is 5.92 Å². The van der Waals surface area contributed by atoms with Crippen LogP contribution in [0.3, 0.4) is 0 Å². The maximum Gasteiger partial charge on any atom is 0.0291 e. The van der Waals surface area contributed by atoms with Gasteiger partial charge in [0.25, 0.3) is 0 Å². The smallest absolute Gasteiger partial charge is 0.0291 e. The van der Waals surface area contributed by atoms with Crippen molar-refractivity contribution in [3.8, 4) is 11.1 Å². The van der Waals surface area contributed by atoms with Gasteiger partial charge in [0.05, 0.1) is 0 Å². The second-order valence-corrected chi connectivity index (χ2v) is 7.00. The molecule has 1 saturated heterocycles. The zero-order chi connectivity index (χ0) is 14.5. The van der Waals surface area contributed by atoms with Gasteiger partial charge in [0.15, 0.2) is 0 Å². The van der Waals surface area contributed by atoms with Crippen molar-refractivity contribution in [2.75, 3.05) is 18.1 Å². The standard InChI is InChI=1S/C19H23NS/c1-15(20-13-16-11-12-21-14-16)17-7-9-19(10-8-17)18-5-3-2-4-6-18/h2-10,15-16,20H,11-14H2,1H3. The zero-order valence-corrected chi connectivity index (χ0v) is 13.4. The Bertz CT molecular complexity index is 544. The Kier molecular flexibility index (Phi) is 5.00. The predicted molar refractivity (Wildman–Crippen MR) is 93.7 cm³/mol. The summed E-state index contributed by atoms with van der Waals surface area (Å²) in [5.41, 5.74) is 3.95. The Labute approximate surface area is 132 Å². The van der Waals surface area contributed by atoms with Crippen molar-refractivity contribution in [3.63, 3.8) is 0 Å². The minimum absolute atomic E-state index is 0.431. The van der Waals surface area contributed by atoms with Crippen LogP contribution in [0, 0.1) is 5.92 Å². The Morgan fingerprint density at radius 3 is 2.43 bits per heavy atom. The number of hydrogen-bond acceptors (Lipinski definition) is 2. The Morgan fingerprint density at radius 1 is 1.05 bits per heavy atom. The van der Waals surface area contributed by atoms with E-state index in [4.69, 9.17) is 0 Å². The Balaban J connectivity index is 1.60. The van der Waals surface area contributed by atoms with E-state index in [-0.39, 0.29) is 0 Å². The van der Waals surface area contributed by atoms with Crippen molar-refractivity contribution >= 4 is 11.8 Å². The van der Waals surface area contributed by atoms with Crippen LogP contribution in [0.15, 0.2) is 54.6 Å². The van der Waals surface area contributed by atoms with Crippen LogP contribution in [0.4, 0.5) is 0 Å². The van der Waals surface area contributed by atoms with Gasteiger partial charge in [-0.25, -0.2) is 0 Å². The predicted octanol–water partition coefficient (Wildman–Crippen LogP) is 4.76. The number of nitrogens with one attached hydrogen (secondary N) is 1. The number of benzene rings is 2. The van der Waals surface area contributed by atoms with Gasteiger partial charge in [-0.1, -0.05) is 54.6 Å². The fraction of sp³-hybridized carbons (Fsp3) is 0.368. The lowest BCUT2D eigenvalue weighted by Gasteiger charge is -2.17. The van der Waals surface area contributed by atoms with E-state index in [0.29, 0.717) is 6.04 Å². The van der Waals surface area contributed by atoms with Crippen LogP contribution in [-0.2, 0) is 0 Å². The molecule has 2 heteroatoms. The van der Waals surface area contributed by atoms with Crippen molar-refractivity contribution in [3.05, 3.63) is 60.2 Å². The molecule has 21 heavy (non-hydrogen) atoms. The summed E-state index contributed by atoms with van der Waals surface area (Å²) < 4.78 is 0.